The van der Waals surface area contributed by atoms with Crippen LogP contribution in [0.3, 0.4) is 0 Å². The van der Waals surface area contributed by atoms with Crippen LogP contribution in [0.4, 0.5) is 0 Å². The predicted octanol–water partition coefficient (Wildman–Crippen LogP) is 0.122. The lowest BCUT2D eigenvalue weighted by Crippen LogP contribution is -2.38. The minimum atomic E-state index is -3.52. The summed E-state index contributed by atoms with van der Waals surface area (Å²) in [4.78, 5) is 0. The zero-order valence-electron chi connectivity index (χ0n) is 7.60. The summed E-state index contributed by atoms with van der Waals surface area (Å²) in [6.45, 7) is 0. The number of hydrogen-bond acceptors (Lipinski definition) is 4. The van der Waals surface area contributed by atoms with E-state index in [4.69, 9.17) is 10.5 Å². The maximum Gasteiger partial charge on any atom is 0.225 e. The van der Waals surface area contributed by atoms with Crippen LogP contribution in [-0.4, -0.2) is 20.2 Å². The fourth-order valence-corrected chi connectivity index (χ4v) is 2.61. The van der Waals surface area contributed by atoms with Crippen LogP contribution in [0, 0.1) is 28.6 Å². The quantitative estimate of drug-likeness (QED) is 0.720. The van der Waals surface area contributed by atoms with Crippen molar-refractivity contribution in [1.82, 2.24) is 4.72 Å². The van der Waals surface area contributed by atoms with Gasteiger partial charge in [0.15, 0.2) is 5.75 Å². The van der Waals surface area contributed by atoms with Gasteiger partial charge in [-0.3, -0.25) is 0 Å². The molecule has 1 rings (SSSR count). The molecule has 5 nitrogen and oxygen atoms in total. The van der Waals surface area contributed by atoms with Gasteiger partial charge in [-0.25, -0.2) is 13.1 Å². The van der Waals surface area contributed by atoms with Crippen LogP contribution in [0.2, 0.25) is 0 Å². The van der Waals surface area contributed by atoms with E-state index in [-0.39, 0.29) is 12.0 Å². The van der Waals surface area contributed by atoms with Gasteiger partial charge in [0.2, 0.25) is 10.0 Å². The largest absolute Gasteiger partial charge is 0.225 e. The Balaban J connectivity index is 2.62. The molecule has 1 N–H and O–H groups in total. The van der Waals surface area contributed by atoms with Crippen LogP contribution in [-0.2, 0) is 10.0 Å². The molecular weight excluding hydrogens is 202 g/mol. The number of nitrogens with one attached hydrogen (secondary N) is 1. The normalized spacial score (nSPS) is 26.7. The van der Waals surface area contributed by atoms with Crippen molar-refractivity contribution in [3.63, 3.8) is 0 Å². The number of nitrogens with zero attached hydrogens (tertiary/aromatic N) is 2. The van der Waals surface area contributed by atoms with Gasteiger partial charge in [0.05, 0.1) is 18.1 Å². The Morgan fingerprint density at radius 1 is 1.36 bits per heavy atom. The third kappa shape index (κ3) is 2.69. The molecule has 6 heteroatoms. The number of rotatable bonds is 3. The average Bonchev–Trinajstić information content (AvgIpc) is 2.50. The first-order chi connectivity index (χ1) is 6.59. The van der Waals surface area contributed by atoms with E-state index in [0.717, 1.165) is 12.8 Å². The molecule has 14 heavy (non-hydrogen) atoms. The second kappa shape index (κ2) is 4.41. The van der Waals surface area contributed by atoms with Gasteiger partial charge < -0.3 is 0 Å². The van der Waals surface area contributed by atoms with E-state index in [0.29, 0.717) is 6.42 Å². The van der Waals surface area contributed by atoms with E-state index >= 15 is 0 Å². The Kier molecular flexibility index (Phi) is 3.45. The standard InChI is InChI=1S/C8H11N3O2S/c9-4-5-14(12,13)11-8-3-1-2-7(8)6-10/h7-8,11H,1-3,5H2. The van der Waals surface area contributed by atoms with Crippen LogP contribution in [0.25, 0.3) is 0 Å². The van der Waals surface area contributed by atoms with Gasteiger partial charge in [-0.05, 0) is 12.8 Å². The third-order valence-electron chi connectivity index (χ3n) is 2.27. The average molecular weight is 213 g/mol. The summed E-state index contributed by atoms with van der Waals surface area (Å²) < 4.78 is 24.8. The molecule has 2 unspecified atom stereocenters. The molecule has 0 heterocycles. The first-order valence-corrected chi connectivity index (χ1v) is 6.01. The van der Waals surface area contributed by atoms with E-state index in [1.807, 2.05) is 0 Å². The van der Waals surface area contributed by atoms with Crippen LogP contribution in [0.15, 0.2) is 0 Å². The van der Waals surface area contributed by atoms with Gasteiger partial charge in [0.1, 0.15) is 0 Å². The van der Waals surface area contributed by atoms with Crippen molar-refractivity contribution in [2.75, 3.05) is 5.75 Å². The van der Waals surface area contributed by atoms with Gasteiger partial charge in [-0.15, -0.1) is 0 Å². The van der Waals surface area contributed by atoms with Crippen molar-refractivity contribution in [3.8, 4) is 12.1 Å². The maximum absolute atomic E-state index is 11.2. The first-order valence-electron chi connectivity index (χ1n) is 4.35. The summed E-state index contributed by atoms with van der Waals surface area (Å²) >= 11 is 0. The van der Waals surface area contributed by atoms with Crippen LogP contribution < -0.4 is 4.72 Å². The van der Waals surface area contributed by atoms with Crippen LogP contribution in [0.1, 0.15) is 19.3 Å². The summed E-state index contributed by atoms with van der Waals surface area (Å²) in [6, 6.07) is 3.34. The molecule has 0 aromatic heterocycles. The smallest absolute Gasteiger partial charge is 0.211 e. The lowest BCUT2D eigenvalue weighted by Gasteiger charge is -2.13. The van der Waals surface area contributed by atoms with E-state index < -0.39 is 15.8 Å². The third-order valence-corrected chi connectivity index (χ3v) is 3.44. The fraction of sp³-hybridized carbons (Fsp3) is 0.750. The highest BCUT2D eigenvalue weighted by Crippen LogP contribution is 2.25. The molecule has 1 aliphatic carbocycles. The molecule has 1 aliphatic rings. The summed E-state index contributed by atoms with van der Waals surface area (Å²) in [5, 5.41) is 17.0. The summed E-state index contributed by atoms with van der Waals surface area (Å²) in [6.07, 6.45) is 2.27. The molecule has 2 atom stereocenters. The lowest BCUT2D eigenvalue weighted by atomic mass is 10.1. The van der Waals surface area contributed by atoms with Crippen LogP contribution in [0.5, 0.6) is 0 Å². The monoisotopic (exact) mass is 213 g/mol. The van der Waals surface area contributed by atoms with Crippen molar-refractivity contribution in [3.05, 3.63) is 0 Å². The second-order valence-corrected chi connectivity index (χ2v) is 5.06. The van der Waals surface area contributed by atoms with Crippen molar-refractivity contribution in [2.45, 2.75) is 25.3 Å². The predicted molar refractivity (Wildman–Crippen MR) is 49.3 cm³/mol. The Morgan fingerprint density at radius 2 is 2.07 bits per heavy atom. The topological polar surface area (TPSA) is 93.8 Å². The molecule has 0 saturated heterocycles. The van der Waals surface area contributed by atoms with E-state index in [1.54, 1.807) is 6.07 Å². The van der Waals surface area contributed by atoms with Gasteiger partial charge >= 0.3 is 0 Å². The zero-order chi connectivity index (χ0) is 10.6. The molecule has 0 amide bonds. The second-order valence-electron chi connectivity index (χ2n) is 3.31. The maximum atomic E-state index is 11.2. The van der Waals surface area contributed by atoms with E-state index in [1.165, 1.54) is 0 Å². The molecule has 0 spiro atoms. The van der Waals surface area contributed by atoms with Crippen molar-refractivity contribution in [1.29, 1.82) is 10.5 Å². The van der Waals surface area contributed by atoms with Crippen molar-refractivity contribution >= 4 is 10.0 Å². The van der Waals surface area contributed by atoms with Crippen LogP contribution >= 0.6 is 0 Å². The highest BCUT2D eigenvalue weighted by atomic mass is 32.2. The molecule has 1 fully saturated rings. The molecular formula is C8H11N3O2S. The number of nitriles is 2. The fourth-order valence-electron chi connectivity index (χ4n) is 1.61. The molecule has 0 bridgehead atoms. The molecule has 76 valence electrons. The van der Waals surface area contributed by atoms with Gasteiger partial charge in [0.25, 0.3) is 0 Å². The van der Waals surface area contributed by atoms with E-state index in [2.05, 4.69) is 10.8 Å². The summed E-state index contributed by atoms with van der Waals surface area (Å²) in [5.74, 6) is -0.787. The first kappa shape index (κ1) is 11.0. The van der Waals surface area contributed by atoms with Gasteiger partial charge in [-0.1, -0.05) is 6.42 Å². The molecule has 0 aromatic carbocycles. The molecule has 0 aliphatic heterocycles. The Morgan fingerprint density at radius 3 is 2.64 bits per heavy atom. The highest BCUT2D eigenvalue weighted by molar-refractivity contribution is 7.89. The minimum absolute atomic E-state index is 0.247. The Hall–Kier alpha value is -1.11. The van der Waals surface area contributed by atoms with Crippen molar-refractivity contribution in [2.24, 2.45) is 5.92 Å². The molecule has 0 aromatic rings. The van der Waals surface area contributed by atoms with Gasteiger partial charge in [-0.2, -0.15) is 10.5 Å². The number of hydrogen-bond donors (Lipinski definition) is 1. The molecule has 1 saturated carbocycles. The number of sulfonamides is 1. The molecule has 0 radical (unpaired) electrons. The zero-order valence-corrected chi connectivity index (χ0v) is 8.42. The Bertz CT molecular complexity index is 376. The minimum Gasteiger partial charge on any atom is -0.211 e. The lowest BCUT2D eigenvalue weighted by molar-refractivity contribution is 0.517. The SMILES string of the molecule is N#CCS(=O)(=O)NC1CCCC1C#N. The van der Waals surface area contributed by atoms with Crippen molar-refractivity contribution < 1.29 is 8.42 Å². The van der Waals surface area contributed by atoms with Gasteiger partial charge in [0, 0.05) is 6.04 Å². The summed E-state index contributed by atoms with van der Waals surface area (Å²) in [5.41, 5.74) is 0. The summed E-state index contributed by atoms with van der Waals surface area (Å²) in [7, 11) is -3.52. The Labute approximate surface area is 83.4 Å². The van der Waals surface area contributed by atoms with E-state index in [9.17, 15) is 8.42 Å². The highest BCUT2D eigenvalue weighted by Gasteiger charge is 2.30.